The zero-order valence-corrected chi connectivity index (χ0v) is 24.1. The lowest BCUT2D eigenvalue weighted by Crippen LogP contribution is -2.24. The van der Waals surface area contributed by atoms with E-state index in [2.05, 4.69) is 66.6 Å². The zero-order valence-electron chi connectivity index (χ0n) is 22.5. The largest absolute Gasteiger partial charge is 0.479 e. The first-order valence-corrected chi connectivity index (χ1v) is 14.4. The Hall–Kier alpha value is -2.39. The smallest absolute Gasteiger partial charge is 0.373 e. The molecule has 10 heteroatoms. The molecule has 2 aliphatic rings. The Kier molecular flexibility index (Phi) is 14.0. The summed E-state index contributed by atoms with van der Waals surface area (Å²) in [6.45, 7) is 6.98. The minimum absolute atomic E-state index is 0.250. The summed E-state index contributed by atoms with van der Waals surface area (Å²) in [5, 5.41) is 32.4. The number of rotatable bonds is 7. The highest BCUT2D eigenvalue weighted by Crippen LogP contribution is 2.42. The molecule has 4 rings (SSSR count). The van der Waals surface area contributed by atoms with Crippen molar-refractivity contribution >= 4 is 41.2 Å². The van der Waals surface area contributed by atoms with Gasteiger partial charge in [-0.25, -0.2) is 4.79 Å². The lowest BCUT2D eigenvalue weighted by molar-refractivity contribution is -0.191. The number of carbonyl (C=O) groups is 1. The van der Waals surface area contributed by atoms with Crippen molar-refractivity contribution in [3.8, 4) is 0 Å². The Bertz CT molecular complexity index is 1090. The second-order valence-corrected chi connectivity index (χ2v) is 12.2. The topological polar surface area (TPSA) is 136 Å². The van der Waals surface area contributed by atoms with Crippen LogP contribution in [0.25, 0.3) is 0 Å². The molecule has 0 amide bonds. The summed E-state index contributed by atoms with van der Waals surface area (Å²) in [6.07, 6.45) is 6.15. The van der Waals surface area contributed by atoms with Gasteiger partial charge in [0.25, 0.3) is 0 Å². The number of carboxylic acids is 1. The van der Waals surface area contributed by atoms with E-state index in [0.717, 1.165) is 48.4 Å². The fourth-order valence-electron chi connectivity index (χ4n) is 4.81. The zero-order chi connectivity index (χ0) is 28.8. The van der Waals surface area contributed by atoms with E-state index in [0.29, 0.717) is 5.41 Å². The van der Waals surface area contributed by atoms with Gasteiger partial charge < -0.3 is 26.0 Å². The van der Waals surface area contributed by atoms with E-state index in [9.17, 15) is 4.79 Å². The van der Waals surface area contributed by atoms with Crippen molar-refractivity contribution in [2.24, 2.45) is 5.41 Å². The lowest BCUT2D eigenvalue weighted by Gasteiger charge is -2.34. The molecular formula is C29H39ClN2O6S. The first-order chi connectivity index (χ1) is 18.6. The number of carbonyl (C=O) groups excluding carboxylic acids is 2. The monoisotopic (exact) mass is 578 g/mol. The third-order valence-electron chi connectivity index (χ3n) is 6.80. The van der Waals surface area contributed by atoms with E-state index < -0.39 is 18.7 Å². The minimum atomic E-state index is -1.63. The molecule has 8 nitrogen and oxygen atoms in total. The molecule has 1 saturated carbocycles. The number of aliphatic carboxylic acids is 1. The number of nitrogens with one attached hydrogen (secondary N) is 2. The van der Waals surface area contributed by atoms with Gasteiger partial charge in [0, 0.05) is 16.7 Å². The number of aliphatic hydroxyl groups excluding tert-OH is 2. The maximum atomic E-state index is 9.52. The Labute approximate surface area is 239 Å². The number of hydrogen-bond donors (Lipinski definition) is 5. The first-order valence-electron chi connectivity index (χ1n) is 13.1. The molecule has 214 valence electrons. The molecule has 0 bridgehead atoms. The number of benzene rings is 2. The summed E-state index contributed by atoms with van der Waals surface area (Å²) in [5.74, 6) is -1.40. The molecular weight excluding hydrogens is 540 g/mol. The molecule has 1 unspecified atom stereocenters. The first kappa shape index (κ1) is 32.8. The van der Waals surface area contributed by atoms with Crippen LogP contribution in [0, 0.1) is 5.41 Å². The van der Waals surface area contributed by atoms with Crippen molar-refractivity contribution in [3.63, 3.8) is 0 Å². The molecule has 5 N–H and O–H groups in total. The molecule has 0 radical (unpaired) electrons. The number of anilines is 1. The molecule has 2 atom stereocenters. The number of thioether (sulfide) groups is 1. The number of hydrogen-bond acceptors (Lipinski definition) is 8. The third-order valence-corrected chi connectivity index (χ3v) is 8.39. The van der Waals surface area contributed by atoms with Crippen molar-refractivity contribution < 1.29 is 29.7 Å². The average molecular weight is 579 g/mol. The van der Waals surface area contributed by atoms with Crippen LogP contribution < -0.4 is 10.6 Å². The van der Waals surface area contributed by atoms with Crippen LogP contribution in [-0.2, 0) is 33.8 Å². The van der Waals surface area contributed by atoms with Crippen LogP contribution in [0.1, 0.15) is 56.2 Å². The Morgan fingerprint density at radius 2 is 1.85 bits per heavy atom. The molecule has 1 aliphatic heterocycles. The number of fused-ring (bicyclic) bond motifs is 1. The van der Waals surface area contributed by atoms with Gasteiger partial charge in [-0.05, 0) is 85.5 Å². The molecule has 2 aromatic carbocycles. The standard InChI is InChI=1S/C25H33ClN2S.C3H6O4.CO2/c1-25(2)13-3-4-21(16-25)29-20-8-5-18(6-9-20)17-28-24-22-12-15-27-14-11-19(22)7-10-23(24)26;4-1-2(5)3(6)7;2-1-3/h5-10,21,27-28H,3-4,11-17H2,1-2H3;2,4-5H,1H2,(H,6,7);/t;2-;/m.1./s1. The molecule has 2 aromatic rings. The number of aliphatic hydroxyl groups is 2. The van der Waals surface area contributed by atoms with Crippen LogP contribution in [0.4, 0.5) is 5.69 Å². The van der Waals surface area contributed by atoms with Gasteiger partial charge in [-0.1, -0.05) is 50.1 Å². The fraction of sp³-hybridized carbons (Fsp3) is 0.517. The Morgan fingerprint density at radius 3 is 2.44 bits per heavy atom. The number of halogens is 1. The van der Waals surface area contributed by atoms with E-state index in [1.54, 1.807) is 0 Å². The van der Waals surface area contributed by atoms with Crippen LogP contribution in [-0.4, -0.2) is 58.5 Å². The van der Waals surface area contributed by atoms with Gasteiger partial charge in [-0.3, -0.25) is 0 Å². The predicted molar refractivity (Wildman–Crippen MR) is 153 cm³/mol. The fourth-order valence-corrected chi connectivity index (χ4v) is 6.55. The second kappa shape index (κ2) is 16.7. The molecule has 1 heterocycles. The van der Waals surface area contributed by atoms with E-state index in [1.807, 2.05) is 6.07 Å². The van der Waals surface area contributed by atoms with Crippen molar-refractivity contribution in [3.05, 3.63) is 58.1 Å². The van der Waals surface area contributed by atoms with Gasteiger partial charge in [-0.2, -0.15) is 9.59 Å². The maximum absolute atomic E-state index is 9.52. The van der Waals surface area contributed by atoms with E-state index in [-0.39, 0.29) is 6.15 Å². The van der Waals surface area contributed by atoms with Gasteiger partial charge in [0.1, 0.15) is 0 Å². The quantitative estimate of drug-likeness (QED) is 0.321. The lowest BCUT2D eigenvalue weighted by atomic mass is 9.77. The highest BCUT2D eigenvalue weighted by Gasteiger charge is 2.28. The SMILES string of the molecule is CC1(C)CCCC(Sc2ccc(CNc3c(Cl)ccc4c3CCNCC4)cc2)C1.O=C(O)[C@H](O)CO.O=C=O. The van der Waals surface area contributed by atoms with E-state index in [1.165, 1.54) is 47.3 Å². The summed E-state index contributed by atoms with van der Waals surface area (Å²) in [4.78, 5) is 27.2. The molecule has 0 saturated heterocycles. The minimum Gasteiger partial charge on any atom is -0.479 e. The molecule has 0 spiro atoms. The Balaban J connectivity index is 0.000000459. The van der Waals surface area contributed by atoms with Crippen LogP contribution in [0.5, 0.6) is 0 Å². The van der Waals surface area contributed by atoms with Gasteiger partial charge >= 0.3 is 12.1 Å². The predicted octanol–water partition coefficient (Wildman–Crippen LogP) is 4.54. The maximum Gasteiger partial charge on any atom is 0.373 e. The molecule has 0 aromatic heterocycles. The van der Waals surface area contributed by atoms with Crippen LogP contribution in [0.2, 0.25) is 5.02 Å². The normalized spacial score (nSPS) is 18.4. The van der Waals surface area contributed by atoms with Crippen LogP contribution in [0.3, 0.4) is 0 Å². The molecule has 1 aliphatic carbocycles. The third kappa shape index (κ3) is 11.3. The summed E-state index contributed by atoms with van der Waals surface area (Å²) in [5.41, 5.74) is 5.73. The average Bonchev–Trinajstić information content (AvgIpc) is 3.14. The van der Waals surface area contributed by atoms with Gasteiger partial charge in [0.2, 0.25) is 0 Å². The summed E-state index contributed by atoms with van der Waals surface area (Å²) < 4.78 is 0. The van der Waals surface area contributed by atoms with Crippen molar-refractivity contribution in [1.82, 2.24) is 5.32 Å². The highest BCUT2D eigenvalue weighted by atomic mass is 35.5. The van der Waals surface area contributed by atoms with Gasteiger partial charge in [-0.15, -0.1) is 11.8 Å². The van der Waals surface area contributed by atoms with Crippen molar-refractivity contribution in [1.29, 1.82) is 0 Å². The van der Waals surface area contributed by atoms with Crippen LogP contribution in [0.15, 0.2) is 41.3 Å². The summed E-state index contributed by atoms with van der Waals surface area (Å²) in [7, 11) is 0. The van der Waals surface area contributed by atoms with Crippen molar-refractivity contribution in [2.75, 3.05) is 25.0 Å². The summed E-state index contributed by atoms with van der Waals surface area (Å²) >= 11 is 8.62. The molecule has 1 fully saturated rings. The summed E-state index contributed by atoms with van der Waals surface area (Å²) in [6, 6.07) is 13.3. The van der Waals surface area contributed by atoms with E-state index in [4.69, 9.17) is 36.5 Å². The second-order valence-electron chi connectivity index (χ2n) is 10.4. The van der Waals surface area contributed by atoms with Crippen molar-refractivity contribution in [2.45, 2.75) is 75.2 Å². The number of carboxylic acid groups (broad SMARTS) is 1. The van der Waals surface area contributed by atoms with E-state index >= 15 is 0 Å². The molecule has 39 heavy (non-hydrogen) atoms. The highest BCUT2D eigenvalue weighted by molar-refractivity contribution is 8.00. The van der Waals surface area contributed by atoms with Crippen LogP contribution >= 0.6 is 23.4 Å². The Morgan fingerprint density at radius 1 is 1.18 bits per heavy atom. The van der Waals surface area contributed by atoms with Gasteiger partial charge in [0.15, 0.2) is 6.10 Å². The van der Waals surface area contributed by atoms with Gasteiger partial charge in [0.05, 0.1) is 17.3 Å².